The number of carbonyl (C=O) groups excluding carboxylic acids is 3. The van der Waals surface area contributed by atoms with Gasteiger partial charge in [-0.3, -0.25) is 0 Å². The summed E-state index contributed by atoms with van der Waals surface area (Å²) in [5.41, 5.74) is 20.7. The molecule has 2 aliphatic carbocycles. The summed E-state index contributed by atoms with van der Waals surface area (Å²) in [6.07, 6.45) is 13.1. The van der Waals surface area contributed by atoms with Crippen LogP contribution in [-0.4, -0.2) is 159 Å². The average Bonchev–Trinajstić information content (AvgIpc) is 3.99. The normalized spacial score (nSPS) is 19.9. The van der Waals surface area contributed by atoms with E-state index in [0.717, 1.165) is 37.9 Å². The molecule has 8 rings (SSSR count). The van der Waals surface area contributed by atoms with E-state index in [-0.39, 0.29) is 42.6 Å². The van der Waals surface area contributed by atoms with Crippen LogP contribution in [0.3, 0.4) is 0 Å². The number of pyridine rings is 4. The molecule has 2 saturated carbocycles. The van der Waals surface area contributed by atoms with Crippen LogP contribution in [0.5, 0.6) is 23.0 Å². The Morgan fingerprint density at radius 2 is 0.949 bits per heavy atom. The highest BCUT2D eigenvalue weighted by Gasteiger charge is 2.38. The van der Waals surface area contributed by atoms with Gasteiger partial charge in [-0.2, -0.15) is 0 Å². The molecule has 78 heavy (non-hydrogen) atoms. The second-order valence-corrected chi connectivity index (χ2v) is 23.0. The molecular formula is C56H86N12O10. The molecule has 22 heteroatoms. The van der Waals surface area contributed by atoms with Crippen molar-refractivity contribution >= 4 is 41.6 Å². The molecule has 6 heterocycles. The summed E-state index contributed by atoms with van der Waals surface area (Å²) in [5.74, 6) is 5.07. The van der Waals surface area contributed by atoms with Gasteiger partial charge in [-0.05, 0) is 170 Å². The monoisotopic (exact) mass is 1090 g/mol. The standard InChI is InChI=1S/C16H25N3O3.2C14H21N3O3.C12H19N3O/c1-16(2,3)22-15(20)19(4)12-6-5-7-13(12)21-11-8-9-14(17)18-10-11;1-14(2,3)20-13(18)17-7-10(8-17)9-19-11-4-5-12(15)16-6-11;1-14(2,3)20-13(18)17-7-6-10(17)9-19-11-4-5-12(15)16-8-11;1-15(2)10-4-3-5-11(10)16-9-6-7-12(13)14-8-9/h8-10,12-13H,5-7H2,1-4H3,(H2,17,18);4-6,10H,7-9H2,1-3H3,(H2,15,16);4-5,8,10H,6-7,9H2,1-3H3,(H2,15,16);6-8,10-11H,3-5H2,1-2H3,(H2,13,14)/t12-,13+;;;10-,11+/m0..0/s1. The van der Waals surface area contributed by atoms with E-state index in [1.807, 2.05) is 68.4 Å². The zero-order valence-corrected chi connectivity index (χ0v) is 47.8. The number of likely N-dealkylation sites (tertiary alicyclic amines) is 2. The van der Waals surface area contributed by atoms with Crippen molar-refractivity contribution in [3.8, 4) is 23.0 Å². The fraction of sp³-hybridized carbons (Fsp3) is 0.589. The number of nitrogens with two attached hydrogens (primary N) is 4. The summed E-state index contributed by atoms with van der Waals surface area (Å²) in [6.45, 7) is 19.8. The van der Waals surface area contributed by atoms with Gasteiger partial charge >= 0.3 is 18.3 Å². The third-order valence-corrected chi connectivity index (χ3v) is 12.6. The van der Waals surface area contributed by atoms with Crippen molar-refractivity contribution in [1.29, 1.82) is 0 Å². The molecule has 4 aromatic rings. The summed E-state index contributed by atoms with van der Waals surface area (Å²) in [5, 5.41) is 0. The zero-order chi connectivity index (χ0) is 57.4. The van der Waals surface area contributed by atoms with E-state index >= 15 is 0 Å². The lowest BCUT2D eigenvalue weighted by atomic mass is 10.0. The Labute approximate surface area is 460 Å². The second kappa shape index (κ2) is 27.9. The van der Waals surface area contributed by atoms with Crippen LogP contribution in [0.4, 0.5) is 37.7 Å². The van der Waals surface area contributed by atoms with Gasteiger partial charge in [0.25, 0.3) is 0 Å². The van der Waals surface area contributed by atoms with Gasteiger partial charge in [0.2, 0.25) is 0 Å². The molecule has 0 radical (unpaired) electrons. The lowest BCUT2D eigenvalue weighted by Gasteiger charge is -2.40. The first kappa shape index (κ1) is 61.6. The van der Waals surface area contributed by atoms with E-state index in [1.165, 1.54) is 12.8 Å². The molecule has 1 unspecified atom stereocenters. The molecule has 4 fully saturated rings. The first-order valence-electron chi connectivity index (χ1n) is 26.7. The molecule has 22 nitrogen and oxygen atoms in total. The minimum absolute atomic E-state index is 0.00685. The van der Waals surface area contributed by atoms with Crippen LogP contribution in [0.15, 0.2) is 73.3 Å². The molecule has 5 atom stereocenters. The van der Waals surface area contributed by atoms with E-state index in [9.17, 15) is 14.4 Å². The number of amides is 3. The van der Waals surface area contributed by atoms with Crippen LogP contribution < -0.4 is 41.9 Å². The number of nitrogen functional groups attached to an aromatic ring is 4. The lowest BCUT2D eigenvalue weighted by molar-refractivity contribution is -0.0142. The number of carbonyl (C=O) groups is 3. The Morgan fingerprint density at radius 3 is 1.35 bits per heavy atom. The van der Waals surface area contributed by atoms with Crippen molar-refractivity contribution in [2.75, 3.05) is 76.9 Å². The van der Waals surface area contributed by atoms with E-state index in [0.29, 0.717) is 85.3 Å². The lowest BCUT2D eigenvalue weighted by Crippen LogP contribution is -2.55. The SMILES string of the molecule is CC(C)(C)OC(=O)N1CC(COc2ccc(N)nc2)C1.CC(C)(C)OC(=O)N1CCC1COc1ccc(N)nc1.CN(C(=O)OC(C)(C)C)[C@H]1CCC[C@H]1Oc1ccc(N)nc1.CN(C)[C@H]1CCC[C@H]1Oc1ccc(N)nc1. The number of ether oxygens (including phenoxy) is 7. The van der Waals surface area contributed by atoms with Crippen molar-refractivity contribution in [2.45, 2.75) is 154 Å². The average molecular weight is 1090 g/mol. The third kappa shape index (κ3) is 21.0. The molecule has 4 aliphatic rings. The highest BCUT2D eigenvalue weighted by atomic mass is 16.6. The Morgan fingerprint density at radius 1 is 0.538 bits per heavy atom. The van der Waals surface area contributed by atoms with Crippen LogP contribution in [-0.2, 0) is 14.2 Å². The molecule has 3 amide bonds. The number of aromatic nitrogens is 4. The van der Waals surface area contributed by atoms with Crippen LogP contribution >= 0.6 is 0 Å². The number of nitrogens with zero attached hydrogens (tertiary/aromatic N) is 8. The van der Waals surface area contributed by atoms with Gasteiger partial charge in [0, 0.05) is 38.6 Å². The van der Waals surface area contributed by atoms with Gasteiger partial charge in [-0.15, -0.1) is 0 Å². The number of hydrogen-bond acceptors (Lipinski definition) is 19. The van der Waals surface area contributed by atoms with Crippen LogP contribution in [0.2, 0.25) is 0 Å². The maximum atomic E-state index is 12.2. The highest BCUT2D eigenvalue weighted by Crippen LogP contribution is 2.30. The predicted octanol–water partition coefficient (Wildman–Crippen LogP) is 8.32. The van der Waals surface area contributed by atoms with Crippen LogP contribution in [0, 0.1) is 5.92 Å². The molecule has 0 spiro atoms. The van der Waals surface area contributed by atoms with E-state index < -0.39 is 16.8 Å². The molecule has 4 aromatic heterocycles. The molecule has 0 aromatic carbocycles. The zero-order valence-electron chi connectivity index (χ0n) is 47.8. The molecule has 430 valence electrons. The Balaban J connectivity index is 0.000000193. The van der Waals surface area contributed by atoms with E-state index in [4.69, 9.17) is 56.1 Å². The minimum atomic E-state index is -0.499. The largest absolute Gasteiger partial charge is 0.492 e. The molecule has 0 bridgehead atoms. The van der Waals surface area contributed by atoms with Gasteiger partial charge in [0.15, 0.2) is 0 Å². The smallest absolute Gasteiger partial charge is 0.410 e. The fourth-order valence-corrected chi connectivity index (χ4v) is 8.55. The summed E-state index contributed by atoms with van der Waals surface area (Å²) in [4.78, 5) is 59.1. The van der Waals surface area contributed by atoms with Crippen LogP contribution in [0.1, 0.15) is 107 Å². The van der Waals surface area contributed by atoms with Crippen LogP contribution in [0.25, 0.3) is 0 Å². The maximum Gasteiger partial charge on any atom is 0.410 e. The van der Waals surface area contributed by atoms with Crippen molar-refractivity contribution < 1.29 is 47.5 Å². The summed E-state index contributed by atoms with van der Waals surface area (Å²) in [7, 11) is 5.98. The number of rotatable bonds is 12. The van der Waals surface area contributed by atoms with Gasteiger partial charge in [0.1, 0.15) is 81.9 Å². The number of hydrogen-bond donors (Lipinski definition) is 4. The number of likely N-dealkylation sites (N-methyl/N-ethyl adjacent to an activating group) is 2. The fourth-order valence-electron chi connectivity index (χ4n) is 8.55. The Hall–Kier alpha value is -7.23. The summed E-state index contributed by atoms with van der Waals surface area (Å²) in [6, 6.07) is 14.7. The Kier molecular flexibility index (Phi) is 22.0. The minimum Gasteiger partial charge on any atom is -0.492 e. The molecule has 8 N–H and O–H groups in total. The first-order chi connectivity index (χ1) is 36.6. The molecule has 2 saturated heterocycles. The summed E-state index contributed by atoms with van der Waals surface area (Å²) >= 11 is 0. The van der Waals surface area contributed by atoms with Crippen molar-refractivity contribution in [3.05, 3.63) is 73.3 Å². The molecule has 2 aliphatic heterocycles. The van der Waals surface area contributed by atoms with Gasteiger partial charge in [-0.1, -0.05) is 0 Å². The van der Waals surface area contributed by atoms with Gasteiger partial charge < -0.3 is 75.7 Å². The topological polar surface area (TPSA) is 284 Å². The number of anilines is 4. The predicted molar refractivity (Wildman–Crippen MR) is 300 cm³/mol. The maximum absolute atomic E-state index is 12.2. The van der Waals surface area contributed by atoms with Gasteiger partial charge in [-0.25, -0.2) is 34.3 Å². The highest BCUT2D eigenvalue weighted by molar-refractivity contribution is 5.70. The van der Waals surface area contributed by atoms with Crippen molar-refractivity contribution in [2.24, 2.45) is 5.92 Å². The summed E-state index contributed by atoms with van der Waals surface area (Å²) < 4.78 is 39.2. The second-order valence-electron chi connectivity index (χ2n) is 23.0. The van der Waals surface area contributed by atoms with Crippen molar-refractivity contribution in [3.63, 3.8) is 0 Å². The third-order valence-electron chi connectivity index (χ3n) is 12.6. The first-order valence-corrected chi connectivity index (χ1v) is 26.7. The van der Waals surface area contributed by atoms with Gasteiger partial charge in [0.05, 0.1) is 43.5 Å². The quantitative estimate of drug-likeness (QED) is 0.0970. The molecular weight excluding hydrogens is 1000 g/mol. The Bertz CT molecular complexity index is 2460. The van der Waals surface area contributed by atoms with E-state index in [1.54, 1.807) is 89.0 Å². The van der Waals surface area contributed by atoms with Crippen molar-refractivity contribution in [1.82, 2.24) is 39.5 Å². The van der Waals surface area contributed by atoms with E-state index in [2.05, 4.69) is 38.9 Å².